The van der Waals surface area contributed by atoms with Crippen molar-refractivity contribution in [2.45, 2.75) is 5.60 Å². The van der Waals surface area contributed by atoms with Crippen LogP contribution >= 0.6 is 0 Å². The van der Waals surface area contributed by atoms with Gasteiger partial charge < -0.3 is 5.11 Å². The minimum Gasteiger partial charge on any atom is -0.373 e. The van der Waals surface area contributed by atoms with Gasteiger partial charge in [0.05, 0.1) is 11.0 Å². The Bertz CT molecular complexity index is 1210. The lowest BCUT2D eigenvalue weighted by atomic mass is 9.85. The van der Waals surface area contributed by atoms with Gasteiger partial charge in [-0.3, -0.25) is 4.57 Å². The normalized spacial score (nSPS) is 11.6. The number of aromatic nitrogens is 2. The van der Waals surface area contributed by atoms with Crippen LogP contribution < -0.4 is 0 Å². The molecule has 0 bridgehead atoms. The van der Waals surface area contributed by atoms with Crippen molar-refractivity contribution < 1.29 is 5.11 Å². The molecule has 1 heterocycles. The Labute approximate surface area is 169 Å². The molecule has 0 aliphatic heterocycles. The van der Waals surface area contributed by atoms with Gasteiger partial charge in [0.2, 0.25) is 0 Å². The molecule has 0 saturated heterocycles. The number of aliphatic hydroxyl groups is 1. The van der Waals surface area contributed by atoms with Crippen molar-refractivity contribution in [3.8, 4) is 5.69 Å². The van der Waals surface area contributed by atoms with Crippen molar-refractivity contribution in [1.82, 2.24) is 9.55 Å². The number of fused-ring (bicyclic) bond motifs is 1. The maximum atomic E-state index is 12.3. The summed E-state index contributed by atoms with van der Waals surface area (Å²) in [6.45, 7) is 0. The van der Waals surface area contributed by atoms with E-state index in [-0.39, 0.29) is 0 Å². The summed E-state index contributed by atoms with van der Waals surface area (Å²) in [6, 6.07) is 37.5. The summed E-state index contributed by atoms with van der Waals surface area (Å²) in [5.41, 5.74) is 2.91. The van der Waals surface area contributed by atoms with Crippen molar-refractivity contribution in [3.63, 3.8) is 0 Å². The van der Waals surface area contributed by atoms with Gasteiger partial charge in [-0.25, -0.2) is 4.98 Å². The second-order valence-electron chi connectivity index (χ2n) is 7.04. The number of imidazole rings is 1. The molecule has 0 radical (unpaired) electrons. The molecular weight excluding hydrogens is 356 g/mol. The number of nitrogens with zero attached hydrogens (tertiary/aromatic N) is 2. The lowest BCUT2D eigenvalue weighted by molar-refractivity contribution is 0.114. The van der Waals surface area contributed by atoms with Crippen molar-refractivity contribution >= 4 is 11.0 Å². The molecule has 0 unspecified atom stereocenters. The Morgan fingerprint density at radius 3 is 1.66 bits per heavy atom. The highest BCUT2D eigenvalue weighted by molar-refractivity contribution is 5.79. The van der Waals surface area contributed by atoms with E-state index in [0.717, 1.165) is 27.8 Å². The zero-order valence-corrected chi connectivity index (χ0v) is 15.8. The molecule has 3 nitrogen and oxygen atoms in total. The summed E-state index contributed by atoms with van der Waals surface area (Å²) in [5.74, 6) is 0.572. The van der Waals surface area contributed by atoms with Gasteiger partial charge in [-0.1, -0.05) is 91.0 Å². The minimum absolute atomic E-state index is 0.572. The quantitative estimate of drug-likeness (QED) is 0.462. The standard InChI is InChI=1S/C26H20N2O/c29-26(20-12-4-1-5-13-20,21-14-6-2-7-15-21)25-27-23-18-10-11-19-24(23)28(25)22-16-8-3-9-17-22/h1-19,29H. The third-order valence-electron chi connectivity index (χ3n) is 5.28. The Morgan fingerprint density at radius 1 is 0.586 bits per heavy atom. The molecular formula is C26H20N2O. The van der Waals surface area contributed by atoms with Crippen LogP contribution in [0.4, 0.5) is 0 Å². The van der Waals surface area contributed by atoms with Crippen molar-refractivity contribution in [3.05, 3.63) is 132 Å². The van der Waals surface area contributed by atoms with E-state index >= 15 is 0 Å². The van der Waals surface area contributed by atoms with Crippen LogP contribution in [0.5, 0.6) is 0 Å². The van der Waals surface area contributed by atoms with Gasteiger partial charge in [0.1, 0.15) is 0 Å². The third-order valence-corrected chi connectivity index (χ3v) is 5.28. The predicted octanol–water partition coefficient (Wildman–Crippen LogP) is 5.31. The van der Waals surface area contributed by atoms with E-state index in [9.17, 15) is 5.11 Å². The molecule has 0 aliphatic carbocycles. The van der Waals surface area contributed by atoms with E-state index < -0.39 is 5.60 Å². The lowest BCUT2D eigenvalue weighted by Crippen LogP contribution is -2.32. The molecule has 4 aromatic carbocycles. The Balaban J connectivity index is 1.89. The average Bonchev–Trinajstić information content (AvgIpc) is 3.20. The number of hydrogen-bond acceptors (Lipinski definition) is 2. The minimum atomic E-state index is -1.41. The molecule has 140 valence electrons. The monoisotopic (exact) mass is 376 g/mol. The first-order chi connectivity index (χ1) is 14.3. The molecule has 1 aromatic heterocycles. The smallest absolute Gasteiger partial charge is 0.173 e. The Morgan fingerprint density at radius 2 is 1.07 bits per heavy atom. The second kappa shape index (κ2) is 7.04. The maximum absolute atomic E-state index is 12.3. The highest BCUT2D eigenvalue weighted by Gasteiger charge is 2.39. The van der Waals surface area contributed by atoms with Crippen molar-refractivity contribution in [2.75, 3.05) is 0 Å². The second-order valence-corrected chi connectivity index (χ2v) is 7.04. The highest BCUT2D eigenvalue weighted by atomic mass is 16.3. The van der Waals surface area contributed by atoms with Gasteiger partial charge >= 0.3 is 0 Å². The molecule has 1 N–H and O–H groups in total. The van der Waals surface area contributed by atoms with Crippen LogP contribution in [-0.2, 0) is 5.60 Å². The summed E-state index contributed by atoms with van der Waals surface area (Å²) >= 11 is 0. The molecule has 0 atom stereocenters. The van der Waals surface area contributed by atoms with Crippen LogP contribution in [0.3, 0.4) is 0 Å². The van der Waals surface area contributed by atoms with Crippen LogP contribution in [0.1, 0.15) is 17.0 Å². The molecule has 0 saturated carbocycles. The highest BCUT2D eigenvalue weighted by Crippen LogP contribution is 2.38. The average molecular weight is 376 g/mol. The molecule has 3 heteroatoms. The molecule has 5 rings (SSSR count). The molecule has 0 aliphatic rings. The van der Waals surface area contributed by atoms with Crippen LogP contribution in [-0.4, -0.2) is 14.7 Å². The first kappa shape index (κ1) is 17.4. The summed E-state index contributed by atoms with van der Waals surface area (Å²) in [7, 11) is 0. The van der Waals surface area contributed by atoms with Crippen LogP contribution in [0.15, 0.2) is 115 Å². The number of benzene rings is 4. The van der Waals surface area contributed by atoms with Gasteiger partial charge in [0.15, 0.2) is 11.4 Å². The fourth-order valence-electron chi connectivity index (χ4n) is 3.89. The Kier molecular flexibility index (Phi) is 4.23. The van der Waals surface area contributed by atoms with Crippen LogP contribution in [0, 0.1) is 0 Å². The predicted molar refractivity (Wildman–Crippen MR) is 116 cm³/mol. The largest absolute Gasteiger partial charge is 0.373 e. The summed E-state index contributed by atoms with van der Waals surface area (Å²) in [4.78, 5) is 4.93. The van der Waals surface area contributed by atoms with Crippen molar-refractivity contribution in [1.29, 1.82) is 0 Å². The topological polar surface area (TPSA) is 38.1 Å². The van der Waals surface area contributed by atoms with Gasteiger partial charge in [0, 0.05) is 5.69 Å². The van der Waals surface area contributed by atoms with Crippen LogP contribution in [0.2, 0.25) is 0 Å². The SMILES string of the molecule is OC(c1ccccc1)(c1ccccc1)c1nc2ccccc2n1-c1ccccc1. The van der Waals surface area contributed by atoms with Gasteiger partial charge in [-0.15, -0.1) is 0 Å². The van der Waals surface area contributed by atoms with Gasteiger partial charge in [-0.05, 0) is 35.4 Å². The van der Waals surface area contributed by atoms with Gasteiger partial charge in [0.25, 0.3) is 0 Å². The number of para-hydroxylation sites is 3. The van der Waals surface area contributed by atoms with Gasteiger partial charge in [-0.2, -0.15) is 0 Å². The summed E-state index contributed by atoms with van der Waals surface area (Å²) < 4.78 is 2.05. The molecule has 0 spiro atoms. The lowest BCUT2D eigenvalue weighted by Gasteiger charge is -2.29. The first-order valence-electron chi connectivity index (χ1n) is 9.65. The number of hydrogen-bond donors (Lipinski definition) is 1. The van der Waals surface area contributed by atoms with E-state index in [1.54, 1.807) is 0 Å². The Hall–Kier alpha value is -3.69. The third kappa shape index (κ3) is 2.84. The zero-order chi connectivity index (χ0) is 19.7. The fourth-order valence-corrected chi connectivity index (χ4v) is 3.89. The summed E-state index contributed by atoms with van der Waals surface area (Å²) in [5, 5.41) is 12.3. The van der Waals surface area contributed by atoms with E-state index in [0.29, 0.717) is 5.82 Å². The van der Waals surface area contributed by atoms with E-state index in [2.05, 4.69) is 4.57 Å². The summed E-state index contributed by atoms with van der Waals surface area (Å²) in [6.07, 6.45) is 0. The molecule has 0 fully saturated rings. The van der Waals surface area contributed by atoms with E-state index in [1.165, 1.54) is 0 Å². The first-order valence-corrected chi connectivity index (χ1v) is 9.65. The van der Waals surface area contributed by atoms with Crippen LogP contribution in [0.25, 0.3) is 16.7 Å². The van der Waals surface area contributed by atoms with Crippen molar-refractivity contribution in [2.24, 2.45) is 0 Å². The van der Waals surface area contributed by atoms with E-state index in [4.69, 9.17) is 4.98 Å². The number of rotatable bonds is 4. The fraction of sp³-hybridized carbons (Fsp3) is 0.0385. The maximum Gasteiger partial charge on any atom is 0.173 e. The molecule has 29 heavy (non-hydrogen) atoms. The van der Waals surface area contributed by atoms with E-state index in [1.807, 2.05) is 115 Å². The zero-order valence-electron chi connectivity index (χ0n) is 15.8. The molecule has 5 aromatic rings. The molecule has 0 amide bonds.